The van der Waals surface area contributed by atoms with Gasteiger partial charge in [0.1, 0.15) is 0 Å². The van der Waals surface area contributed by atoms with Gasteiger partial charge in [0.25, 0.3) is 5.91 Å². The second-order valence-electron chi connectivity index (χ2n) is 5.01. The standard InChI is InChI=1S/C15H23BrN2O/c1-4-5-6-10-18(11(2)3)15(19)12-8-7-9-13(17)14(12)16/h7-9,11H,4-6,10,17H2,1-3H3. The van der Waals surface area contributed by atoms with Gasteiger partial charge in [-0.3, -0.25) is 4.79 Å². The average Bonchev–Trinajstić information content (AvgIpc) is 2.37. The molecule has 106 valence electrons. The van der Waals surface area contributed by atoms with Gasteiger partial charge in [-0.2, -0.15) is 0 Å². The summed E-state index contributed by atoms with van der Waals surface area (Å²) in [7, 11) is 0. The van der Waals surface area contributed by atoms with E-state index in [1.54, 1.807) is 6.07 Å². The molecule has 1 rings (SSSR count). The van der Waals surface area contributed by atoms with Crippen molar-refractivity contribution in [2.24, 2.45) is 0 Å². The molecule has 0 radical (unpaired) electrons. The number of carbonyl (C=O) groups excluding carboxylic acids is 1. The Morgan fingerprint density at radius 2 is 2.05 bits per heavy atom. The van der Waals surface area contributed by atoms with E-state index in [1.165, 1.54) is 0 Å². The molecule has 19 heavy (non-hydrogen) atoms. The summed E-state index contributed by atoms with van der Waals surface area (Å²) < 4.78 is 0.696. The Hall–Kier alpha value is -1.03. The minimum absolute atomic E-state index is 0.0466. The van der Waals surface area contributed by atoms with E-state index in [2.05, 4.69) is 22.9 Å². The van der Waals surface area contributed by atoms with Gasteiger partial charge in [-0.05, 0) is 48.3 Å². The summed E-state index contributed by atoms with van der Waals surface area (Å²) in [4.78, 5) is 14.5. The second-order valence-corrected chi connectivity index (χ2v) is 5.80. The lowest BCUT2D eigenvalue weighted by molar-refractivity contribution is 0.0701. The summed E-state index contributed by atoms with van der Waals surface area (Å²) in [6.07, 6.45) is 3.34. The fraction of sp³-hybridized carbons (Fsp3) is 0.533. The SMILES string of the molecule is CCCCCN(C(=O)c1cccc(N)c1Br)C(C)C. The maximum absolute atomic E-state index is 12.6. The van der Waals surface area contributed by atoms with Gasteiger partial charge in [-0.15, -0.1) is 0 Å². The van der Waals surface area contributed by atoms with E-state index in [9.17, 15) is 4.79 Å². The van der Waals surface area contributed by atoms with Crippen molar-refractivity contribution < 1.29 is 4.79 Å². The van der Waals surface area contributed by atoms with E-state index in [4.69, 9.17) is 5.73 Å². The van der Waals surface area contributed by atoms with E-state index in [1.807, 2.05) is 30.9 Å². The molecule has 0 fully saturated rings. The normalized spacial score (nSPS) is 10.8. The highest BCUT2D eigenvalue weighted by atomic mass is 79.9. The molecule has 2 N–H and O–H groups in total. The van der Waals surface area contributed by atoms with Crippen LogP contribution < -0.4 is 5.73 Å². The highest BCUT2D eigenvalue weighted by molar-refractivity contribution is 9.10. The van der Waals surface area contributed by atoms with Crippen molar-refractivity contribution in [3.05, 3.63) is 28.2 Å². The Labute approximate surface area is 124 Å². The lowest BCUT2D eigenvalue weighted by atomic mass is 10.1. The van der Waals surface area contributed by atoms with E-state index in [0.29, 0.717) is 15.7 Å². The zero-order chi connectivity index (χ0) is 14.4. The number of nitrogens with zero attached hydrogens (tertiary/aromatic N) is 1. The van der Waals surface area contributed by atoms with Gasteiger partial charge in [-0.25, -0.2) is 0 Å². The van der Waals surface area contributed by atoms with E-state index in [-0.39, 0.29) is 11.9 Å². The van der Waals surface area contributed by atoms with Crippen LogP contribution in [0, 0.1) is 0 Å². The maximum atomic E-state index is 12.6. The number of amides is 1. The third kappa shape index (κ3) is 4.23. The quantitative estimate of drug-likeness (QED) is 0.632. The molecule has 0 aromatic heterocycles. The summed E-state index contributed by atoms with van der Waals surface area (Å²) in [5.74, 6) is 0.0466. The van der Waals surface area contributed by atoms with Crippen molar-refractivity contribution in [3.63, 3.8) is 0 Å². The van der Waals surface area contributed by atoms with Crippen LogP contribution in [0.3, 0.4) is 0 Å². The lowest BCUT2D eigenvalue weighted by Crippen LogP contribution is -2.38. The van der Waals surface area contributed by atoms with Crippen molar-refractivity contribution in [3.8, 4) is 0 Å². The molecule has 4 heteroatoms. The summed E-state index contributed by atoms with van der Waals surface area (Å²) in [5, 5.41) is 0. The molecule has 0 saturated heterocycles. The van der Waals surface area contributed by atoms with Crippen LogP contribution in [0.25, 0.3) is 0 Å². The topological polar surface area (TPSA) is 46.3 Å². The van der Waals surface area contributed by atoms with Crippen molar-refractivity contribution >= 4 is 27.5 Å². The first kappa shape index (κ1) is 16.0. The van der Waals surface area contributed by atoms with Crippen LogP contribution in [0.15, 0.2) is 22.7 Å². The number of hydrogen-bond donors (Lipinski definition) is 1. The molecule has 0 aliphatic rings. The van der Waals surface area contributed by atoms with Crippen molar-refractivity contribution in [1.29, 1.82) is 0 Å². The summed E-state index contributed by atoms with van der Waals surface area (Å²) in [6.45, 7) is 7.05. The van der Waals surface area contributed by atoms with Gasteiger partial charge in [0.2, 0.25) is 0 Å². The molecule has 0 unspecified atom stereocenters. The van der Waals surface area contributed by atoms with Crippen LogP contribution in [-0.4, -0.2) is 23.4 Å². The van der Waals surface area contributed by atoms with Gasteiger partial charge >= 0.3 is 0 Å². The van der Waals surface area contributed by atoms with Crippen molar-refractivity contribution in [2.75, 3.05) is 12.3 Å². The fourth-order valence-corrected chi connectivity index (χ4v) is 2.43. The monoisotopic (exact) mass is 326 g/mol. The Morgan fingerprint density at radius 1 is 1.37 bits per heavy atom. The molecule has 0 atom stereocenters. The molecule has 0 spiro atoms. The minimum Gasteiger partial charge on any atom is -0.398 e. The third-order valence-corrected chi connectivity index (χ3v) is 4.03. The van der Waals surface area contributed by atoms with Crippen LogP contribution in [-0.2, 0) is 0 Å². The average molecular weight is 327 g/mol. The number of anilines is 1. The largest absolute Gasteiger partial charge is 0.398 e. The van der Waals surface area contributed by atoms with Crippen molar-refractivity contribution in [2.45, 2.75) is 46.1 Å². The highest BCUT2D eigenvalue weighted by Crippen LogP contribution is 2.25. The minimum atomic E-state index is 0.0466. The Kier molecular flexibility index (Phi) is 6.35. The number of rotatable bonds is 6. The van der Waals surface area contributed by atoms with Crippen LogP contribution in [0.2, 0.25) is 0 Å². The maximum Gasteiger partial charge on any atom is 0.255 e. The Morgan fingerprint density at radius 3 is 2.63 bits per heavy atom. The predicted molar refractivity (Wildman–Crippen MR) is 84.3 cm³/mol. The molecule has 1 amide bonds. The van der Waals surface area contributed by atoms with E-state index < -0.39 is 0 Å². The summed E-state index contributed by atoms with van der Waals surface area (Å²) in [6, 6.07) is 5.62. The first-order chi connectivity index (χ1) is 8.99. The number of halogens is 1. The molecule has 0 heterocycles. The Balaban J connectivity index is 2.90. The number of hydrogen-bond acceptors (Lipinski definition) is 2. The van der Waals surface area contributed by atoms with Gasteiger partial charge in [0, 0.05) is 18.3 Å². The number of nitrogen functional groups attached to an aromatic ring is 1. The molecule has 1 aromatic rings. The number of nitrogens with two attached hydrogens (primary N) is 1. The lowest BCUT2D eigenvalue weighted by Gasteiger charge is -2.27. The zero-order valence-corrected chi connectivity index (χ0v) is 13.5. The fourth-order valence-electron chi connectivity index (χ4n) is 2.00. The first-order valence-corrected chi connectivity index (χ1v) is 7.63. The molecule has 0 aliphatic heterocycles. The van der Waals surface area contributed by atoms with Gasteiger partial charge in [0.15, 0.2) is 0 Å². The molecular weight excluding hydrogens is 304 g/mol. The smallest absolute Gasteiger partial charge is 0.255 e. The molecule has 3 nitrogen and oxygen atoms in total. The highest BCUT2D eigenvalue weighted by Gasteiger charge is 2.20. The van der Waals surface area contributed by atoms with E-state index >= 15 is 0 Å². The number of unbranched alkanes of at least 4 members (excludes halogenated alkanes) is 2. The summed E-state index contributed by atoms with van der Waals surface area (Å²) in [5.41, 5.74) is 7.08. The zero-order valence-electron chi connectivity index (χ0n) is 11.9. The van der Waals surface area contributed by atoms with Crippen LogP contribution in [0.5, 0.6) is 0 Å². The van der Waals surface area contributed by atoms with Gasteiger partial charge in [-0.1, -0.05) is 25.8 Å². The molecular formula is C15H23BrN2O. The van der Waals surface area contributed by atoms with Crippen LogP contribution in [0.4, 0.5) is 5.69 Å². The molecule has 1 aromatic carbocycles. The second kappa shape index (κ2) is 7.53. The van der Waals surface area contributed by atoms with Crippen molar-refractivity contribution in [1.82, 2.24) is 4.90 Å². The van der Waals surface area contributed by atoms with Crippen LogP contribution in [0.1, 0.15) is 50.4 Å². The van der Waals surface area contributed by atoms with Gasteiger partial charge in [0.05, 0.1) is 10.0 Å². The molecule has 0 aliphatic carbocycles. The summed E-state index contributed by atoms with van der Waals surface area (Å²) >= 11 is 3.41. The number of carbonyl (C=O) groups is 1. The first-order valence-electron chi connectivity index (χ1n) is 6.84. The van der Waals surface area contributed by atoms with Crippen LogP contribution >= 0.6 is 15.9 Å². The predicted octanol–water partition coefficient (Wildman–Crippen LogP) is 4.07. The molecule has 0 saturated carbocycles. The van der Waals surface area contributed by atoms with E-state index in [0.717, 1.165) is 25.8 Å². The third-order valence-electron chi connectivity index (χ3n) is 3.15. The van der Waals surface area contributed by atoms with Gasteiger partial charge < -0.3 is 10.6 Å². The Bertz CT molecular complexity index is 432. The number of benzene rings is 1. The molecule has 0 bridgehead atoms.